The van der Waals surface area contributed by atoms with Gasteiger partial charge in [-0.25, -0.2) is 0 Å². The Kier molecular flexibility index (Phi) is 6.09. The third kappa shape index (κ3) is 4.85. The van der Waals surface area contributed by atoms with Crippen LogP contribution in [0.1, 0.15) is 34.0 Å². The van der Waals surface area contributed by atoms with Gasteiger partial charge in [-0.2, -0.15) is 0 Å². The predicted molar refractivity (Wildman–Crippen MR) is 114 cm³/mol. The molecule has 0 heterocycles. The van der Waals surface area contributed by atoms with E-state index in [0.29, 0.717) is 32.7 Å². The first kappa shape index (κ1) is 19.3. The van der Waals surface area contributed by atoms with Gasteiger partial charge >= 0.3 is 0 Å². The van der Waals surface area contributed by atoms with E-state index in [4.69, 9.17) is 11.6 Å². The van der Waals surface area contributed by atoms with Crippen molar-refractivity contribution in [3.8, 4) is 5.75 Å². The average Bonchev–Trinajstić information content (AvgIpc) is 2.65. The summed E-state index contributed by atoms with van der Waals surface area (Å²) in [5.41, 5.74) is 3.83. The topological polar surface area (TPSA) is 49.7 Å². The Morgan fingerprint density at radius 1 is 1.15 bits per heavy atom. The molecule has 0 aliphatic carbocycles. The Balaban J connectivity index is 1.91. The molecule has 3 aromatic carbocycles. The molecule has 1 N–H and O–H groups in total. The summed E-state index contributed by atoms with van der Waals surface area (Å²) in [6, 6.07) is 18.5. The number of hydrogen-bond donors (Lipinski definition) is 1. The molecule has 0 unspecified atom stereocenters. The van der Waals surface area contributed by atoms with Crippen LogP contribution in [0.25, 0.3) is 0 Å². The lowest BCUT2D eigenvalue weighted by molar-refractivity contribution is 0.101. The van der Waals surface area contributed by atoms with Gasteiger partial charge in [0.2, 0.25) is 0 Å². The van der Waals surface area contributed by atoms with Crippen LogP contribution in [-0.2, 0) is 6.42 Å². The van der Waals surface area contributed by atoms with Crippen molar-refractivity contribution >= 4 is 45.2 Å². The van der Waals surface area contributed by atoms with Gasteiger partial charge in [-0.05, 0) is 70.7 Å². The fraction of sp³-hybridized carbons (Fsp3) is 0.0909. The van der Waals surface area contributed by atoms with Crippen molar-refractivity contribution in [3.05, 3.63) is 92.4 Å². The van der Waals surface area contributed by atoms with Gasteiger partial charge in [0.15, 0.2) is 5.78 Å². The van der Waals surface area contributed by atoms with Gasteiger partial charge in [-0.1, -0.05) is 41.9 Å². The maximum atomic E-state index is 11.5. The normalized spacial score (nSPS) is 11.1. The van der Waals surface area contributed by atoms with Crippen LogP contribution in [0.4, 0.5) is 5.69 Å². The lowest BCUT2D eigenvalue weighted by Gasteiger charge is -2.09. The van der Waals surface area contributed by atoms with E-state index in [9.17, 15) is 9.90 Å². The van der Waals surface area contributed by atoms with Crippen molar-refractivity contribution in [2.45, 2.75) is 13.3 Å². The summed E-state index contributed by atoms with van der Waals surface area (Å²) >= 11 is 9.65. The first-order valence-electron chi connectivity index (χ1n) is 8.34. The summed E-state index contributed by atoms with van der Waals surface area (Å²) in [4.78, 5) is 15.9. The van der Waals surface area contributed by atoms with Crippen LogP contribution in [0.3, 0.4) is 0 Å². The summed E-state index contributed by atoms with van der Waals surface area (Å²) in [5, 5.41) is 11.1. The van der Waals surface area contributed by atoms with Gasteiger partial charge in [0.1, 0.15) is 5.75 Å². The molecule has 0 spiro atoms. The van der Waals surface area contributed by atoms with Crippen LogP contribution in [0.2, 0.25) is 5.02 Å². The van der Waals surface area contributed by atoms with E-state index in [0.717, 1.165) is 11.1 Å². The lowest BCUT2D eigenvalue weighted by Crippen LogP contribution is -1.93. The van der Waals surface area contributed by atoms with E-state index < -0.39 is 0 Å². The maximum absolute atomic E-state index is 11.5. The van der Waals surface area contributed by atoms with Gasteiger partial charge < -0.3 is 5.11 Å². The van der Waals surface area contributed by atoms with E-state index in [1.807, 2.05) is 42.5 Å². The Bertz CT molecular complexity index is 1030. The van der Waals surface area contributed by atoms with E-state index in [1.54, 1.807) is 24.4 Å². The molecule has 0 aliphatic heterocycles. The zero-order chi connectivity index (χ0) is 19.4. The summed E-state index contributed by atoms with van der Waals surface area (Å²) < 4.78 is 0.589. The Labute approximate surface area is 171 Å². The quantitative estimate of drug-likeness (QED) is 0.369. The molecule has 0 radical (unpaired) electrons. The van der Waals surface area contributed by atoms with Crippen molar-refractivity contribution in [3.63, 3.8) is 0 Å². The second-order valence-electron chi connectivity index (χ2n) is 6.15. The fourth-order valence-electron chi connectivity index (χ4n) is 2.69. The summed E-state index contributed by atoms with van der Waals surface area (Å²) in [5.74, 6) is 0.101. The van der Waals surface area contributed by atoms with Crippen molar-refractivity contribution in [2.24, 2.45) is 4.99 Å². The summed E-state index contributed by atoms with van der Waals surface area (Å²) in [6.45, 7) is 1.52. The Hall–Kier alpha value is -2.43. The molecule has 136 valence electrons. The molecule has 0 amide bonds. The molecule has 5 heteroatoms. The first-order chi connectivity index (χ1) is 12.9. The molecule has 3 aromatic rings. The third-order valence-electron chi connectivity index (χ3n) is 4.11. The van der Waals surface area contributed by atoms with E-state index in [-0.39, 0.29) is 11.5 Å². The van der Waals surface area contributed by atoms with Gasteiger partial charge in [-0.15, -0.1) is 0 Å². The number of benzene rings is 3. The van der Waals surface area contributed by atoms with Crippen LogP contribution in [0, 0.1) is 0 Å². The largest absolute Gasteiger partial charge is 0.506 e. The molecule has 0 aliphatic rings. The molecule has 0 saturated carbocycles. The SMILES string of the molecule is CC(=O)c1cccc(N=Cc2cc(Cc3ccccc3Cl)cc(Br)c2O)c1. The highest BCUT2D eigenvalue weighted by atomic mass is 79.9. The Morgan fingerprint density at radius 3 is 2.67 bits per heavy atom. The monoisotopic (exact) mass is 441 g/mol. The van der Waals surface area contributed by atoms with Gasteiger partial charge in [0, 0.05) is 22.4 Å². The standard InChI is InChI=1S/C22H17BrClNO2/c1-14(26)16-6-4-7-19(12-16)25-13-18-10-15(11-20(23)22(18)27)9-17-5-2-3-8-21(17)24/h2-8,10-13,27H,9H2,1H3. The number of ketones is 1. The van der Waals surface area contributed by atoms with Gasteiger partial charge in [0.25, 0.3) is 0 Å². The van der Waals surface area contributed by atoms with Crippen LogP contribution in [-0.4, -0.2) is 17.1 Å². The van der Waals surface area contributed by atoms with Crippen LogP contribution in [0.15, 0.2) is 70.1 Å². The van der Waals surface area contributed by atoms with Crippen LogP contribution >= 0.6 is 27.5 Å². The number of carbonyl (C=O) groups is 1. The molecule has 0 saturated heterocycles. The first-order valence-corrected chi connectivity index (χ1v) is 9.51. The van der Waals surface area contributed by atoms with Crippen molar-refractivity contribution in [1.29, 1.82) is 0 Å². The van der Waals surface area contributed by atoms with E-state index >= 15 is 0 Å². The Morgan fingerprint density at radius 2 is 1.93 bits per heavy atom. The molecule has 3 nitrogen and oxygen atoms in total. The molecular weight excluding hydrogens is 426 g/mol. The number of aromatic hydroxyl groups is 1. The molecular formula is C22H17BrClNO2. The van der Waals surface area contributed by atoms with Gasteiger partial charge in [0.05, 0.1) is 10.2 Å². The summed E-state index contributed by atoms with van der Waals surface area (Å²) in [7, 11) is 0. The molecule has 0 atom stereocenters. The highest BCUT2D eigenvalue weighted by Crippen LogP contribution is 2.31. The number of hydrogen-bond acceptors (Lipinski definition) is 3. The van der Waals surface area contributed by atoms with Crippen LogP contribution < -0.4 is 0 Å². The minimum absolute atomic E-state index is 0.0145. The number of phenolic OH excluding ortho intramolecular Hbond substituents is 1. The second kappa shape index (κ2) is 8.51. The third-order valence-corrected chi connectivity index (χ3v) is 5.08. The molecule has 27 heavy (non-hydrogen) atoms. The molecule has 0 fully saturated rings. The number of phenols is 1. The minimum Gasteiger partial charge on any atom is -0.506 e. The minimum atomic E-state index is -0.0145. The van der Waals surface area contributed by atoms with Crippen LogP contribution in [0.5, 0.6) is 5.75 Å². The predicted octanol–water partition coefficient (Wildman–Crippen LogP) is 6.35. The highest BCUT2D eigenvalue weighted by Gasteiger charge is 2.09. The van der Waals surface area contributed by atoms with E-state index in [1.165, 1.54) is 6.92 Å². The number of Topliss-reactive ketones (excluding diaryl/α,β-unsaturated/α-hetero) is 1. The average molecular weight is 443 g/mol. The summed E-state index contributed by atoms with van der Waals surface area (Å²) in [6.07, 6.45) is 2.23. The number of aliphatic imine (C=N–C) groups is 1. The number of rotatable bonds is 5. The smallest absolute Gasteiger partial charge is 0.159 e. The van der Waals surface area contributed by atoms with Gasteiger partial charge in [-0.3, -0.25) is 9.79 Å². The highest BCUT2D eigenvalue weighted by molar-refractivity contribution is 9.10. The molecule has 0 aromatic heterocycles. The number of nitrogens with zero attached hydrogens (tertiary/aromatic N) is 1. The molecule has 0 bridgehead atoms. The second-order valence-corrected chi connectivity index (χ2v) is 7.41. The zero-order valence-corrected chi connectivity index (χ0v) is 17.0. The fourth-order valence-corrected chi connectivity index (χ4v) is 3.42. The maximum Gasteiger partial charge on any atom is 0.159 e. The number of carbonyl (C=O) groups excluding carboxylic acids is 1. The van der Waals surface area contributed by atoms with Crippen molar-refractivity contribution < 1.29 is 9.90 Å². The van der Waals surface area contributed by atoms with Crippen molar-refractivity contribution in [1.82, 2.24) is 0 Å². The number of halogens is 2. The van der Waals surface area contributed by atoms with E-state index in [2.05, 4.69) is 20.9 Å². The molecule has 3 rings (SSSR count). The lowest BCUT2D eigenvalue weighted by atomic mass is 10.0. The van der Waals surface area contributed by atoms with Crippen molar-refractivity contribution in [2.75, 3.05) is 0 Å². The zero-order valence-electron chi connectivity index (χ0n) is 14.6.